The van der Waals surface area contributed by atoms with Crippen molar-refractivity contribution in [1.29, 1.82) is 0 Å². The van der Waals surface area contributed by atoms with E-state index in [-0.39, 0.29) is 5.63 Å². The third-order valence-corrected chi connectivity index (χ3v) is 3.62. The average Bonchev–Trinajstić information content (AvgIpc) is 2.74. The zero-order chi connectivity index (χ0) is 13.7. The van der Waals surface area contributed by atoms with Crippen LogP contribution in [0.3, 0.4) is 0 Å². The molecule has 0 saturated heterocycles. The number of aryl methyl sites for hydroxylation is 3. The first-order chi connectivity index (χ1) is 9.04. The number of fused-ring (bicyclic) bond motifs is 2. The zero-order valence-electron chi connectivity index (χ0n) is 11.2. The molecule has 2 heterocycles. The Labute approximate surface area is 109 Å². The molecule has 2 N–H and O–H groups in total. The van der Waals surface area contributed by atoms with Crippen molar-refractivity contribution in [3.8, 4) is 0 Å². The fraction of sp³-hybridized carbons (Fsp3) is 0.267. The number of benzene rings is 1. The molecule has 0 amide bonds. The Morgan fingerprint density at radius 1 is 1.11 bits per heavy atom. The quantitative estimate of drug-likeness (QED) is 0.680. The first kappa shape index (κ1) is 12.0. The molecular weight excluding hydrogens is 242 g/mol. The minimum absolute atomic E-state index is 0.348. The molecule has 3 aromatic rings. The Morgan fingerprint density at radius 3 is 2.47 bits per heavy atom. The van der Waals surface area contributed by atoms with E-state index < -0.39 is 0 Å². The fourth-order valence-corrected chi connectivity index (χ4v) is 2.78. The maximum atomic E-state index is 11.6. The van der Waals surface area contributed by atoms with Crippen LogP contribution in [0.25, 0.3) is 21.9 Å². The topological polar surface area (TPSA) is 69.4 Å². The van der Waals surface area contributed by atoms with E-state index in [0.717, 1.165) is 38.6 Å². The molecule has 1 aromatic carbocycles. The molecule has 0 fully saturated rings. The van der Waals surface area contributed by atoms with Crippen LogP contribution in [0.1, 0.15) is 22.3 Å². The molecule has 19 heavy (non-hydrogen) atoms. The highest BCUT2D eigenvalue weighted by molar-refractivity contribution is 6.03. The maximum absolute atomic E-state index is 11.6. The second-order valence-electron chi connectivity index (χ2n) is 4.88. The lowest BCUT2D eigenvalue weighted by molar-refractivity contribution is 0.554. The normalized spacial score (nSPS) is 11.6. The third kappa shape index (κ3) is 1.53. The molecule has 0 saturated carbocycles. The third-order valence-electron chi connectivity index (χ3n) is 3.62. The molecule has 0 unspecified atom stereocenters. The highest BCUT2D eigenvalue weighted by Gasteiger charge is 2.18. The Balaban J connectivity index is 2.72. The molecule has 0 spiro atoms. The van der Waals surface area contributed by atoms with Crippen LogP contribution in [-0.2, 0) is 6.54 Å². The molecule has 98 valence electrons. The van der Waals surface area contributed by atoms with Gasteiger partial charge in [0.1, 0.15) is 11.2 Å². The van der Waals surface area contributed by atoms with E-state index in [4.69, 9.17) is 14.6 Å². The molecule has 0 aliphatic carbocycles. The summed E-state index contributed by atoms with van der Waals surface area (Å²) in [6.45, 7) is 6.17. The number of furan rings is 1. The van der Waals surface area contributed by atoms with Gasteiger partial charge in [0.25, 0.3) is 0 Å². The van der Waals surface area contributed by atoms with Crippen molar-refractivity contribution in [2.75, 3.05) is 0 Å². The minimum Gasteiger partial charge on any atom is -0.464 e. The van der Waals surface area contributed by atoms with Gasteiger partial charge < -0.3 is 14.6 Å². The first-order valence-electron chi connectivity index (χ1n) is 6.18. The van der Waals surface area contributed by atoms with E-state index in [1.807, 2.05) is 20.8 Å². The van der Waals surface area contributed by atoms with Gasteiger partial charge in [0, 0.05) is 28.9 Å². The van der Waals surface area contributed by atoms with E-state index in [1.165, 1.54) is 6.07 Å². The van der Waals surface area contributed by atoms with Crippen LogP contribution >= 0.6 is 0 Å². The van der Waals surface area contributed by atoms with E-state index >= 15 is 0 Å². The average molecular weight is 257 g/mol. The first-order valence-corrected chi connectivity index (χ1v) is 6.18. The summed E-state index contributed by atoms with van der Waals surface area (Å²) in [4.78, 5) is 11.6. The van der Waals surface area contributed by atoms with Crippen LogP contribution in [0, 0.1) is 20.8 Å². The van der Waals surface area contributed by atoms with Gasteiger partial charge in [-0.15, -0.1) is 0 Å². The van der Waals surface area contributed by atoms with Gasteiger partial charge in [-0.1, -0.05) is 0 Å². The van der Waals surface area contributed by atoms with Gasteiger partial charge in [-0.25, -0.2) is 4.79 Å². The lowest BCUT2D eigenvalue weighted by atomic mass is 9.96. The van der Waals surface area contributed by atoms with Crippen molar-refractivity contribution in [3.63, 3.8) is 0 Å². The number of rotatable bonds is 1. The van der Waals surface area contributed by atoms with Gasteiger partial charge in [0.2, 0.25) is 0 Å². The highest BCUT2D eigenvalue weighted by Crippen LogP contribution is 2.35. The Kier molecular flexibility index (Phi) is 2.50. The Bertz CT molecular complexity index is 855. The minimum atomic E-state index is -0.348. The molecule has 2 aromatic heterocycles. The summed E-state index contributed by atoms with van der Waals surface area (Å²) in [6, 6.07) is 1.50. The van der Waals surface area contributed by atoms with Crippen molar-refractivity contribution in [2.24, 2.45) is 5.73 Å². The van der Waals surface area contributed by atoms with Crippen molar-refractivity contribution in [2.45, 2.75) is 27.3 Å². The van der Waals surface area contributed by atoms with Crippen molar-refractivity contribution in [3.05, 3.63) is 45.0 Å². The Morgan fingerprint density at radius 2 is 1.79 bits per heavy atom. The van der Waals surface area contributed by atoms with Crippen molar-refractivity contribution < 1.29 is 8.83 Å². The van der Waals surface area contributed by atoms with Crippen LogP contribution in [0.15, 0.2) is 26.0 Å². The second kappa shape index (κ2) is 3.96. The highest BCUT2D eigenvalue weighted by atomic mass is 16.4. The van der Waals surface area contributed by atoms with E-state index in [2.05, 4.69) is 0 Å². The van der Waals surface area contributed by atoms with E-state index in [1.54, 1.807) is 6.26 Å². The van der Waals surface area contributed by atoms with Gasteiger partial charge in [-0.3, -0.25) is 0 Å². The summed E-state index contributed by atoms with van der Waals surface area (Å²) in [5.74, 6) is 0. The molecule has 4 nitrogen and oxygen atoms in total. The van der Waals surface area contributed by atoms with E-state index in [9.17, 15) is 4.79 Å². The zero-order valence-corrected chi connectivity index (χ0v) is 11.2. The lowest BCUT2D eigenvalue weighted by Gasteiger charge is -2.11. The second-order valence-corrected chi connectivity index (χ2v) is 4.88. The number of nitrogens with two attached hydrogens (primary N) is 1. The smallest absolute Gasteiger partial charge is 0.336 e. The van der Waals surface area contributed by atoms with Crippen molar-refractivity contribution in [1.82, 2.24) is 0 Å². The van der Waals surface area contributed by atoms with E-state index in [0.29, 0.717) is 12.1 Å². The summed E-state index contributed by atoms with van der Waals surface area (Å²) >= 11 is 0. The van der Waals surface area contributed by atoms with Gasteiger partial charge in [0.15, 0.2) is 0 Å². The summed E-state index contributed by atoms with van der Waals surface area (Å²) in [6.07, 6.45) is 1.71. The van der Waals surface area contributed by atoms with Gasteiger partial charge >= 0.3 is 5.63 Å². The Hall–Kier alpha value is -2.07. The number of hydrogen-bond acceptors (Lipinski definition) is 4. The van der Waals surface area contributed by atoms with Crippen LogP contribution in [-0.4, -0.2) is 0 Å². The monoisotopic (exact) mass is 257 g/mol. The predicted octanol–water partition coefficient (Wildman–Crippen LogP) is 2.92. The molecule has 4 heteroatoms. The SMILES string of the molecule is Cc1c2occ(C)c2c(CN)c2c(C)cc(=O)oc12. The summed E-state index contributed by atoms with van der Waals surface area (Å²) in [7, 11) is 0. The standard InChI is InChI=1S/C15H15NO3/c1-7-4-11(17)19-15-9(3)14-13(8(2)6-18-14)10(5-16)12(7)15/h4,6H,5,16H2,1-3H3. The molecule has 0 atom stereocenters. The largest absolute Gasteiger partial charge is 0.464 e. The van der Waals surface area contributed by atoms with Crippen LogP contribution < -0.4 is 11.4 Å². The molecule has 0 aliphatic rings. The van der Waals surface area contributed by atoms with Crippen molar-refractivity contribution >= 4 is 21.9 Å². The fourth-order valence-electron chi connectivity index (χ4n) is 2.78. The maximum Gasteiger partial charge on any atom is 0.336 e. The molecule has 3 rings (SSSR count). The van der Waals surface area contributed by atoms with Gasteiger partial charge in [-0.05, 0) is 37.5 Å². The predicted molar refractivity (Wildman–Crippen MR) is 74.4 cm³/mol. The van der Waals surface area contributed by atoms with Crippen LogP contribution in [0.2, 0.25) is 0 Å². The van der Waals surface area contributed by atoms with Gasteiger partial charge in [-0.2, -0.15) is 0 Å². The molecular formula is C15H15NO3. The molecule has 0 aliphatic heterocycles. The molecule has 0 radical (unpaired) electrons. The molecule has 0 bridgehead atoms. The summed E-state index contributed by atoms with van der Waals surface area (Å²) in [5.41, 5.74) is 10.6. The summed E-state index contributed by atoms with van der Waals surface area (Å²) in [5, 5.41) is 1.96. The van der Waals surface area contributed by atoms with Crippen LogP contribution in [0.5, 0.6) is 0 Å². The van der Waals surface area contributed by atoms with Gasteiger partial charge in [0.05, 0.1) is 6.26 Å². The lowest BCUT2D eigenvalue weighted by Crippen LogP contribution is -2.05. The summed E-state index contributed by atoms with van der Waals surface area (Å²) < 4.78 is 11.0. The van der Waals surface area contributed by atoms with Crippen LogP contribution in [0.4, 0.5) is 0 Å². The number of hydrogen-bond donors (Lipinski definition) is 1.